The summed E-state index contributed by atoms with van der Waals surface area (Å²) >= 11 is 0. The van der Waals surface area contributed by atoms with Crippen molar-refractivity contribution in [3.8, 4) is 17.2 Å². The van der Waals surface area contributed by atoms with Crippen LogP contribution in [0.15, 0.2) is 78.4 Å². The maximum atomic E-state index is 12.8. The average Bonchev–Trinajstić information content (AvgIpc) is 2.83. The van der Waals surface area contributed by atoms with Crippen molar-refractivity contribution in [2.45, 2.75) is 13.0 Å². The van der Waals surface area contributed by atoms with Crippen molar-refractivity contribution in [1.82, 2.24) is 10.6 Å². The van der Waals surface area contributed by atoms with Gasteiger partial charge >= 0.3 is 12.0 Å². The number of urea groups is 1. The quantitative estimate of drug-likeness (QED) is 0.537. The second kappa shape index (κ2) is 9.48. The van der Waals surface area contributed by atoms with Crippen LogP contribution < -0.4 is 20.1 Å². The van der Waals surface area contributed by atoms with Gasteiger partial charge in [0.05, 0.1) is 31.5 Å². The number of carbonyl (C=O) groups is 2. The van der Waals surface area contributed by atoms with Gasteiger partial charge in [-0.2, -0.15) is 0 Å². The first-order valence-electron chi connectivity index (χ1n) is 10.4. The van der Waals surface area contributed by atoms with Gasteiger partial charge < -0.3 is 24.8 Å². The van der Waals surface area contributed by atoms with E-state index >= 15 is 0 Å². The molecule has 1 heterocycles. The minimum absolute atomic E-state index is 0.301. The first kappa shape index (κ1) is 22.0. The Morgan fingerprint density at radius 3 is 2.21 bits per heavy atom. The third-order valence-electron chi connectivity index (χ3n) is 5.29. The maximum absolute atomic E-state index is 12.8. The lowest BCUT2D eigenvalue weighted by atomic mass is 9.92. The highest BCUT2D eigenvalue weighted by atomic mass is 16.5. The summed E-state index contributed by atoms with van der Waals surface area (Å²) in [6.07, 6.45) is 0. The van der Waals surface area contributed by atoms with Crippen molar-refractivity contribution in [1.29, 1.82) is 0 Å². The number of ether oxygens (including phenoxy) is 3. The van der Waals surface area contributed by atoms with E-state index in [1.54, 1.807) is 43.5 Å². The molecule has 4 rings (SSSR count). The topological polar surface area (TPSA) is 85.9 Å². The van der Waals surface area contributed by atoms with Gasteiger partial charge in [0.25, 0.3) is 0 Å². The number of rotatable bonds is 6. The van der Waals surface area contributed by atoms with E-state index in [1.807, 2.05) is 43.3 Å². The van der Waals surface area contributed by atoms with Crippen molar-refractivity contribution in [2.24, 2.45) is 0 Å². The Hall–Kier alpha value is -4.26. The van der Waals surface area contributed by atoms with Gasteiger partial charge in [0.2, 0.25) is 0 Å². The molecule has 3 aromatic rings. The molecule has 0 aromatic heterocycles. The first-order chi connectivity index (χ1) is 16.0. The predicted molar refractivity (Wildman–Crippen MR) is 124 cm³/mol. The van der Waals surface area contributed by atoms with Gasteiger partial charge in [-0.25, -0.2) is 9.59 Å². The zero-order valence-electron chi connectivity index (χ0n) is 18.5. The van der Waals surface area contributed by atoms with E-state index in [1.165, 1.54) is 7.11 Å². The van der Waals surface area contributed by atoms with Gasteiger partial charge in [-0.1, -0.05) is 24.3 Å². The molecule has 33 heavy (non-hydrogen) atoms. The van der Waals surface area contributed by atoms with Gasteiger partial charge in [-0.15, -0.1) is 0 Å². The second-order valence-corrected chi connectivity index (χ2v) is 7.53. The zero-order valence-corrected chi connectivity index (χ0v) is 18.5. The molecule has 0 bridgehead atoms. The molecule has 2 N–H and O–H groups in total. The summed E-state index contributed by atoms with van der Waals surface area (Å²) in [6, 6.07) is 20.9. The van der Waals surface area contributed by atoms with Crippen LogP contribution in [0.4, 0.5) is 4.79 Å². The van der Waals surface area contributed by atoms with E-state index in [2.05, 4.69) is 10.6 Å². The summed E-state index contributed by atoms with van der Waals surface area (Å²) in [7, 11) is 2.88. The number of hydrogen-bond acceptors (Lipinski definition) is 5. The van der Waals surface area contributed by atoms with Crippen LogP contribution in [0.2, 0.25) is 0 Å². The molecule has 2 amide bonds. The molecule has 0 spiro atoms. The van der Waals surface area contributed by atoms with Gasteiger partial charge in [0.1, 0.15) is 17.2 Å². The van der Waals surface area contributed by atoms with Crippen molar-refractivity contribution >= 4 is 17.7 Å². The molecule has 3 aromatic carbocycles. The lowest BCUT2D eigenvalue weighted by Gasteiger charge is -2.29. The van der Waals surface area contributed by atoms with E-state index in [4.69, 9.17) is 14.2 Å². The van der Waals surface area contributed by atoms with Crippen LogP contribution in [0, 0.1) is 6.92 Å². The number of benzene rings is 3. The number of nitrogens with one attached hydrogen (secondary N) is 2. The summed E-state index contributed by atoms with van der Waals surface area (Å²) in [6.45, 7) is 2.00. The second-order valence-electron chi connectivity index (χ2n) is 7.53. The van der Waals surface area contributed by atoms with Gasteiger partial charge in [-0.05, 0) is 72.1 Å². The van der Waals surface area contributed by atoms with Crippen molar-refractivity contribution in [2.75, 3.05) is 14.2 Å². The minimum Gasteiger partial charge on any atom is -0.497 e. The summed E-state index contributed by atoms with van der Waals surface area (Å²) in [5, 5.41) is 5.57. The first-order valence-corrected chi connectivity index (χ1v) is 10.4. The highest BCUT2D eigenvalue weighted by molar-refractivity contribution is 6.04. The average molecular weight is 444 g/mol. The van der Waals surface area contributed by atoms with Crippen LogP contribution in [0.1, 0.15) is 22.7 Å². The highest BCUT2D eigenvalue weighted by Crippen LogP contribution is 2.33. The monoisotopic (exact) mass is 444 g/mol. The Balaban J connectivity index is 1.69. The Bertz CT molecular complexity index is 1200. The van der Waals surface area contributed by atoms with Crippen molar-refractivity contribution < 1.29 is 23.8 Å². The Morgan fingerprint density at radius 2 is 1.58 bits per heavy atom. The molecule has 0 saturated carbocycles. The fraction of sp³-hybridized carbons (Fsp3) is 0.154. The lowest BCUT2D eigenvalue weighted by molar-refractivity contribution is -0.136. The van der Waals surface area contributed by atoms with E-state index in [-0.39, 0.29) is 0 Å². The van der Waals surface area contributed by atoms with Crippen LogP contribution in [0.5, 0.6) is 17.2 Å². The number of hydrogen-bond donors (Lipinski definition) is 2. The van der Waals surface area contributed by atoms with Gasteiger partial charge in [0, 0.05) is 0 Å². The lowest BCUT2D eigenvalue weighted by Crippen LogP contribution is -2.45. The van der Waals surface area contributed by atoms with Gasteiger partial charge in [0.15, 0.2) is 0 Å². The van der Waals surface area contributed by atoms with Crippen LogP contribution in [-0.2, 0) is 9.53 Å². The fourth-order valence-electron chi connectivity index (χ4n) is 3.67. The predicted octanol–water partition coefficient (Wildman–Crippen LogP) is 4.73. The molecule has 7 heteroatoms. The normalized spacial score (nSPS) is 15.4. The van der Waals surface area contributed by atoms with Crippen molar-refractivity contribution in [3.05, 3.63) is 95.1 Å². The molecular formula is C26H24N2O5. The number of methoxy groups -OCH3 is 2. The minimum atomic E-state index is -0.698. The molecule has 0 aliphatic carbocycles. The van der Waals surface area contributed by atoms with E-state index < -0.39 is 18.0 Å². The molecule has 1 aliphatic rings. The van der Waals surface area contributed by atoms with Crippen LogP contribution >= 0.6 is 0 Å². The smallest absolute Gasteiger partial charge is 0.338 e. The summed E-state index contributed by atoms with van der Waals surface area (Å²) in [5.74, 6) is 1.50. The molecule has 7 nitrogen and oxygen atoms in total. The molecule has 0 saturated heterocycles. The molecule has 1 atom stereocenters. The zero-order chi connectivity index (χ0) is 23.4. The molecule has 0 fully saturated rings. The van der Waals surface area contributed by atoms with Crippen LogP contribution in [0.3, 0.4) is 0 Å². The Morgan fingerprint density at radius 1 is 0.879 bits per heavy atom. The van der Waals surface area contributed by atoms with Gasteiger partial charge in [-0.3, -0.25) is 0 Å². The summed E-state index contributed by atoms with van der Waals surface area (Å²) in [5.41, 5.74) is 3.16. The molecule has 1 aliphatic heterocycles. The number of carbonyl (C=O) groups excluding carboxylic acids is 2. The maximum Gasteiger partial charge on any atom is 0.338 e. The van der Waals surface area contributed by atoms with Crippen LogP contribution in [0.25, 0.3) is 5.70 Å². The largest absolute Gasteiger partial charge is 0.497 e. The SMILES string of the molecule is COC(=O)C1=C(c2ccc(OC)cc2)NC(=O)NC1c1ccc(Oc2cccc(C)c2)cc1. The Kier molecular flexibility index (Phi) is 6.31. The number of amides is 2. The standard InChI is InChI=1S/C26H24N2O5/c1-16-5-4-6-21(15-16)33-20-13-9-18(10-14-20)24-22(25(29)32-3)23(27-26(30)28-24)17-7-11-19(31-2)12-8-17/h4-15,24H,1-3H3,(H2,27,28,30). The van der Waals surface area contributed by atoms with E-state index in [0.29, 0.717) is 33.9 Å². The fourth-order valence-corrected chi connectivity index (χ4v) is 3.67. The third kappa shape index (κ3) is 4.82. The molecule has 0 radical (unpaired) electrons. The summed E-state index contributed by atoms with van der Waals surface area (Å²) < 4.78 is 16.2. The summed E-state index contributed by atoms with van der Waals surface area (Å²) in [4.78, 5) is 25.3. The van der Waals surface area contributed by atoms with Crippen molar-refractivity contribution in [3.63, 3.8) is 0 Å². The molecular weight excluding hydrogens is 420 g/mol. The van der Waals surface area contributed by atoms with Crippen LogP contribution in [-0.4, -0.2) is 26.2 Å². The van der Waals surface area contributed by atoms with E-state index in [9.17, 15) is 9.59 Å². The number of aryl methyl sites for hydroxylation is 1. The molecule has 168 valence electrons. The Labute approximate surface area is 192 Å². The molecule has 1 unspecified atom stereocenters. The third-order valence-corrected chi connectivity index (χ3v) is 5.29. The highest BCUT2D eigenvalue weighted by Gasteiger charge is 2.34. The number of esters is 1. The van der Waals surface area contributed by atoms with E-state index in [0.717, 1.165) is 11.3 Å².